The van der Waals surface area contributed by atoms with Crippen molar-refractivity contribution in [1.82, 2.24) is 0 Å². The molecule has 1 aromatic heterocycles. The zero-order valence-corrected chi connectivity index (χ0v) is 20.2. The number of hydrogen-bond acceptors (Lipinski definition) is 4. The van der Waals surface area contributed by atoms with Gasteiger partial charge in [-0.25, -0.2) is 4.39 Å². The standard InChI is InChI=1S/C25H13BrCl2FNO4/c26-14-3-8-19-13(9-14)10-20(34-19)23(31)21-22(12-1-4-15(29)5-2-12)30(25(33)24(21)32)16-6-7-17(27)18(28)11-16/h1-11,22,32H. The normalized spacial score (nSPS) is 16.1. The molecule has 0 fully saturated rings. The summed E-state index contributed by atoms with van der Waals surface area (Å²) in [5.41, 5.74) is 0.986. The van der Waals surface area contributed by atoms with Crippen molar-refractivity contribution in [3.8, 4) is 0 Å². The predicted octanol–water partition coefficient (Wildman–Crippen LogP) is 7.42. The molecule has 1 unspecified atom stereocenters. The van der Waals surface area contributed by atoms with Crippen LogP contribution in [0.4, 0.5) is 10.1 Å². The van der Waals surface area contributed by atoms with E-state index in [2.05, 4.69) is 15.9 Å². The number of hydrogen-bond donors (Lipinski definition) is 1. The van der Waals surface area contributed by atoms with Gasteiger partial charge < -0.3 is 9.52 Å². The van der Waals surface area contributed by atoms with Crippen molar-refractivity contribution in [2.45, 2.75) is 6.04 Å². The monoisotopic (exact) mass is 559 g/mol. The van der Waals surface area contributed by atoms with E-state index in [4.69, 9.17) is 27.6 Å². The van der Waals surface area contributed by atoms with Crippen molar-refractivity contribution in [2.24, 2.45) is 0 Å². The Bertz CT molecular complexity index is 1510. The van der Waals surface area contributed by atoms with E-state index in [0.717, 1.165) is 4.47 Å². The Morgan fingerprint density at radius 1 is 1.00 bits per heavy atom. The van der Waals surface area contributed by atoms with Crippen LogP contribution in [-0.4, -0.2) is 16.8 Å². The number of nitrogens with zero attached hydrogens (tertiary/aromatic N) is 1. The summed E-state index contributed by atoms with van der Waals surface area (Å²) in [6.07, 6.45) is 0. The highest BCUT2D eigenvalue weighted by molar-refractivity contribution is 9.10. The highest BCUT2D eigenvalue weighted by Crippen LogP contribution is 2.43. The molecule has 9 heteroatoms. The fourth-order valence-electron chi connectivity index (χ4n) is 3.96. The summed E-state index contributed by atoms with van der Waals surface area (Å²) in [7, 11) is 0. The number of Topliss-reactive ketones (excluding diaryl/α,β-unsaturated/α-hetero) is 1. The van der Waals surface area contributed by atoms with Crippen LogP contribution in [0.2, 0.25) is 10.0 Å². The van der Waals surface area contributed by atoms with Gasteiger partial charge in [0, 0.05) is 15.5 Å². The van der Waals surface area contributed by atoms with Gasteiger partial charge in [0.1, 0.15) is 11.4 Å². The lowest BCUT2D eigenvalue weighted by molar-refractivity contribution is -0.117. The predicted molar refractivity (Wildman–Crippen MR) is 131 cm³/mol. The minimum absolute atomic E-state index is 0.0504. The fourth-order valence-corrected chi connectivity index (χ4v) is 4.63. The molecule has 2 heterocycles. The van der Waals surface area contributed by atoms with E-state index in [9.17, 15) is 19.1 Å². The molecule has 0 saturated carbocycles. The number of ketones is 1. The van der Waals surface area contributed by atoms with Crippen molar-refractivity contribution in [2.75, 3.05) is 4.90 Å². The quantitative estimate of drug-likeness (QED) is 0.263. The molecule has 170 valence electrons. The maximum atomic E-state index is 13.7. The SMILES string of the molecule is O=C(C1=C(O)C(=O)N(c2ccc(Cl)c(Cl)c2)C1c1ccc(F)cc1)c1cc2cc(Br)ccc2o1. The second-order valence-corrected chi connectivity index (χ2v) is 9.34. The van der Waals surface area contributed by atoms with E-state index in [1.54, 1.807) is 24.3 Å². The lowest BCUT2D eigenvalue weighted by atomic mass is 9.94. The van der Waals surface area contributed by atoms with Gasteiger partial charge in [0.25, 0.3) is 5.91 Å². The molecule has 0 aliphatic carbocycles. The summed E-state index contributed by atoms with van der Waals surface area (Å²) in [5.74, 6) is -2.75. The number of carbonyl (C=O) groups is 2. The highest BCUT2D eigenvalue weighted by atomic mass is 79.9. The van der Waals surface area contributed by atoms with E-state index in [-0.39, 0.29) is 21.4 Å². The number of benzene rings is 3. The van der Waals surface area contributed by atoms with E-state index in [1.807, 2.05) is 0 Å². The van der Waals surface area contributed by atoms with Crippen LogP contribution in [0.5, 0.6) is 0 Å². The first kappa shape index (κ1) is 22.7. The molecule has 1 aliphatic heterocycles. The molecule has 0 bridgehead atoms. The zero-order chi connectivity index (χ0) is 24.1. The maximum Gasteiger partial charge on any atom is 0.294 e. The third kappa shape index (κ3) is 3.79. The molecule has 4 aromatic rings. The van der Waals surface area contributed by atoms with Crippen LogP contribution in [0.3, 0.4) is 0 Å². The van der Waals surface area contributed by atoms with Crippen LogP contribution in [0.1, 0.15) is 22.2 Å². The van der Waals surface area contributed by atoms with E-state index in [0.29, 0.717) is 22.2 Å². The van der Waals surface area contributed by atoms with Gasteiger partial charge >= 0.3 is 0 Å². The van der Waals surface area contributed by atoms with Crippen LogP contribution in [0.15, 0.2) is 87.0 Å². The van der Waals surface area contributed by atoms with Gasteiger partial charge in [-0.05, 0) is 60.2 Å². The Balaban J connectivity index is 1.66. The summed E-state index contributed by atoms with van der Waals surface area (Å²) in [6, 6.07) is 15.5. The average Bonchev–Trinajstić information content (AvgIpc) is 3.34. The van der Waals surface area contributed by atoms with Gasteiger partial charge in [0.2, 0.25) is 5.78 Å². The smallest absolute Gasteiger partial charge is 0.294 e. The second kappa shape index (κ2) is 8.58. The second-order valence-electron chi connectivity index (χ2n) is 7.61. The first-order valence-electron chi connectivity index (χ1n) is 9.95. The molecule has 0 saturated heterocycles. The first-order valence-corrected chi connectivity index (χ1v) is 11.5. The Labute approximate surface area is 211 Å². The molecule has 1 aliphatic rings. The van der Waals surface area contributed by atoms with Gasteiger partial charge in [-0.1, -0.05) is 51.3 Å². The Hall–Kier alpha value is -3.13. The minimum atomic E-state index is -1.06. The van der Waals surface area contributed by atoms with Gasteiger partial charge in [0.15, 0.2) is 11.5 Å². The van der Waals surface area contributed by atoms with Crippen molar-refractivity contribution >= 4 is 67.5 Å². The Morgan fingerprint density at radius 3 is 2.44 bits per heavy atom. The topological polar surface area (TPSA) is 70.8 Å². The molecule has 1 atom stereocenters. The lowest BCUT2D eigenvalue weighted by Crippen LogP contribution is -2.31. The van der Waals surface area contributed by atoms with Crippen LogP contribution in [-0.2, 0) is 4.79 Å². The van der Waals surface area contributed by atoms with Gasteiger partial charge in [-0.3, -0.25) is 14.5 Å². The van der Waals surface area contributed by atoms with Gasteiger partial charge in [-0.15, -0.1) is 0 Å². The third-order valence-corrected chi connectivity index (χ3v) is 6.75. The molecule has 5 rings (SSSR count). The molecular formula is C25H13BrCl2FNO4. The van der Waals surface area contributed by atoms with E-state index < -0.39 is 29.3 Å². The van der Waals surface area contributed by atoms with Crippen molar-refractivity contribution in [1.29, 1.82) is 0 Å². The van der Waals surface area contributed by atoms with Gasteiger partial charge in [-0.2, -0.15) is 0 Å². The zero-order valence-electron chi connectivity index (χ0n) is 17.1. The fraction of sp³-hybridized carbons (Fsp3) is 0.0400. The van der Waals surface area contributed by atoms with Crippen LogP contribution in [0.25, 0.3) is 11.0 Å². The summed E-state index contributed by atoms with van der Waals surface area (Å²) >= 11 is 15.6. The number of furan rings is 1. The molecule has 1 amide bonds. The summed E-state index contributed by atoms with van der Waals surface area (Å²) < 4.78 is 20.2. The number of aliphatic hydroxyl groups is 1. The number of amides is 1. The molecule has 3 aromatic carbocycles. The summed E-state index contributed by atoms with van der Waals surface area (Å²) in [6.45, 7) is 0. The van der Waals surface area contributed by atoms with Crippen molar-refractivity contribution < 1.29 is 23.5 Å². The summed E-state index contributed by atoms with van der Waals surface area (Å²) in [4.78, 5) is 28.0. The molecular weight excluding hydrogens is 548 g/mol. The minimum Gasteiger partial charge on any atom is -0.503 e. The van der Waals surface area contributed by atoms with E-state index in [1.165, 1.54) is 47.4 Å². The van der Waals surface area contributed by atoms with Gasteiger partial charge in [0.05, 0.1) is 21.7 Å². The summed E-state index contributed by atoms with van der Waals surface area (Å²) in [5, 5.41) is 12.0. The molecule has 5 nitrogen and oxygen atoms in total. The van der Waals surface area contributed by atoms with Crippen LogP contribution in [0, 0.1) is 5.82 Å². The first-order chi connectivity index (χ1) is 16.2. The Kier molecular flexibility index (Phi) is 5.72. The lowest BCUT2D eigenvalue weighted by Gasteiger charge is -2.27. The van der Waals surface area contributed by atoms with Crippen LogP contribution >= 0.6 is 39.1 Å². The Morgan fingerprint density at radius 2 is 1.74 bits per heavy atom. The largest absolute Gasteiger partial charge is 0.503 e. The molecule has 0 spiro atoms. The number of anilines is 1. The van der Waals surface area contributed by atoms with E-state index >= 15 is 0 Å². The molecule has 0 radical (unpaired) electrons. The number of aliphatic hydroxyl groups excluding tert-OH is 1. The van der Waals surface area contributed by atoms with Crippen molar-refractivity contribution in [3.05, 3.63) is 110 Å². The maximum absolute atomic E-state index is 13.7. The number of carbonyl (C=O) groups excluding carboxylic acids is 2. The van der Waals surface area contributed by atoms with Crippen LogP contribution < -0.4 is 4.90 Å². The number of fused-ring (bicyclic) bond motifs is 1. The number of halogens is 4. The molecule has 1 N–H and O–H groups in total. The molecule has 34 heavy (non-hydrogen) atoms. The van der Waals surface area contributed by atoms with Crippen molar-refractivity contribution in [3.63, 3.8) is 0 Å². The average molecular weight is 561 g/mol. The highest BCUT2D eigenvalue weighted by Gasteiger charge is 2.45. The third-order valence-electron chi connectivity index (χ3n) is 5.52. The number of rotatable bonds is 4.